The maximum Gasteiger partial charge on any atom is 0.117 e. The van der Waals surface area contributed by atoms with E-state index in [1.54, 1.807) is 19.5 Å². The Balaban J connectivity index is 2.35. The molecule has 3 nitrogen and oxygen atoms in total. The first-order chi connectivity index (χ1) is 7.18. The molecule has 1 aliphatic carbocycles. The molecular formula is C12H17NO2. The predicted molar refractivity (Wildman–Crippen MR) is 57.5 cm³/mol. The van der Waals surface area contributed by atoms with Crippen molar-refractivity contribution in [3.05, 3.63) is 29.6 Å². The van der Waals surface area contributed by atoms with Crippen molar-refractivity contribution in [2.45, 2.75) is 25.4 Å². The van der Waals surface area contributed by atoms with Crippen LogP contribution in [0.3, 0.4) is 0 Å². The molecule has 2 rings (SSSR count). The summed E-state index contributed by atoms with van der Waals surface area (Å²) in [7, 11) is 1.62. The summed E-state index contributed by atoms with van der Waals surface area (Å²) in [5.74, 6) is 0.334. The zero-order valence-corrected chi connectivity index (χ0v) is 9.23. The minimum Gasteiger partial charge on any atom is -0.382 e. The van der Waals surface area contributed by atoms with Gasteiger partial charge in [0.1, 0.15) is 5.60 Å². The van der Waals surface area contributed by atoms with Gasteiger partial charge in [-0.1, -0.05) is 0 Å². The van der Waals surface area contributed by atoms with Crippen LogP contribution in [0.15, 0.2) is 18.5 Å². The van der Waals surface area contributed by atoms with Crippen molar-refractivity contribution in [2.24, 2.45) is 5.92 Å². The lowest BCUT2D eigenvalue weighted by atomic mass is 9.88. The van der Waals surface area contributed by atoms with Gasteiger partial charge in [-0.05, 0) is 37.3 Å². The summed E-state index contributed by atoms with van der Waals surface area (Å²) in [5, 5.41) is 10.6. The number of pyridine rings is 1. The molecule has 0 saturated heterocycles. The smallest absolute Gasteiger partial charge is 0.117 e. The van der Waals surface area contributed by atoms with Crippen LogP contribution >= 0.6 is 0 Å². The Labute approximate surface area is 90.1 Å². The van der Waals surface area contributed by atoms with E-state index in [0.29, 0.717) is 12.5 Å². The van der Waals surface area contributed by atoms with Crippen molar-refractivity contribution < 1.29 is 9.84 Å². The topological polar surface area (TPSA) is 42.4 Å². The Bertz CT molecular complexity index is 349. The number of rotatable bonds is 4. The number of nitrogens with zero attached hydrogens (tertiary/aromatic N) is 1. The van der Waals surface area contributed by atoms with Gasteiger partial charge in [-0.25, -0.2) is 0 Å². The first-order valence-electron chi connectivity index (χ1n) is 5.31. The molecule has 1 atom stereocenters. The zero-order valence-electron chi connectivity index (χ0n) is 9.23. The van der Waals surface area contributed by atoms with E-state index in [1.807, 2.05) is 13.0 Å². The van der Waals surface area contributed by atoms with Crippen molar-refractivity contribution in [1.82, 2.24) is 4.98 Å². The summed E-state index contributed by atoms with van der Waals surface area (Å²) < 4.78 is 5.14. The molecule has 0 aromatic carbocycles. The standard InChI is InChI=1S/C12H17NO2/c1-9-5-6-13-7-11(9)12(14,8-15-2)10-3-4-10/h5-7,10,14H,3-4,8H2,1-2H3. The Morgan fingerprint density at radius 1 is 1.60 bits per heavy atom. The minimum atomic E-state index is -0.840. The summed E-state index contributed by atoms with van der Waals surface area (Å²) >= 11 is 0. The van der Waals surface area contributed by atoms with Crippen LogP contribution < -0.4 is 0 Å². The van der Waals surface area contributed by atoms with Gasteiger partial charge in [0.05, 0.1) is 6.61 Å². The summed E-state index contributed by atoms with van der Waals surface area (Å²) in [6.45, 7) is 2.35. The highest BCUT2D eigenvalue weighted by atomic mass is 16.5. The lowest BCUT2D eigenvalue weighted by molar-refractivity contribution is -0.0539. The average Bonchev–Trinajstić information content (AvgIpc) is 3.02. The molecule has 1 fully saturated rings. The van der Waals surface area contributed by atoms with Crippen molar-refractivity contribution in [3.8, 4) is 0 Å². The lowest BCUT2D eigenvalue weighted by Crippen LogP contribution is -2.34. The summed E-state index contributed by atoms with van der Waals surface area (Å²) in [6, 6.07) is 1.93. The third kappa shape index (κ3) is 1.90. The Kier molecular flexibility index (Phi) is 2.76. The molecule has 1 saturated carbocycles. The van der Waals surface area contributed by atoms with Gasteiger partial charge in [0, 0.05) is 25.1 Å². The van der Waals surface area contributed by atoms with Gasteiger partial charge in [-0.15, -0.1) is 0 Å². The van der Waals surface area contributed by atoms with Crippen LogP contribution in [0.2, 0.25) is 0 Å². The van der Waals surface area contributed by atoms with E-state index in [1.165, 1.54) is 0 Å². The van der Waals surface area contributed by atoms with Gasteiger partial charge < -0.3 is 9.84 Å². The molecule has 0 spiro atoms. The van der Waals surface area contributed by atoms with Crippen LogP contribution in [0.25, 0.3) is 0 Å². The highest BCUT2D eigenvalue weighted by molar-refractivity contribution is 5.30. The minimum absolute atomic E-state index is 0.334. The molecule has 0 radical (unpaired) electrons. The van der Waals surface area contributed by atoms with Gasteiger partial charge in [-0.3, -0.25) is 4.98 Å². The van der Waals surface area contributed by atoms with E-state index in [4.69, 9.17) is 4.74 Å². The number of hydrogen-bond donors (Lipinski definition) is 1. The van der Waals surface area contributed by atoms with Crippen molar-refractivity contribution in [3.63, 3.8) is 0 Å². The number of ether oxygens (including phenoxy) is 1. The van der Waals surface area contributed by atoms with Gasteiger partial charge in [0.15, 0.2) is 0 Å². The van der Waals surface area contributed by atoms with E-state index in [-0.39, 0.29) is 0 Å². The molecule has 15 heavy (non-hydrogen) atoms. The second kappa shape index (κ2) is 3.91. The predicted octanol–water partition coefficient (Wildman–Crippen LogP) is 1.63. The van der Waals surface area contributed by atoms with Crippen LogP contribution in [0, 0.1) is 12.8 Å². The summed E-state index contributed by atoms with van der Waals surface area (Å²) in [4.78, 5) is 4.09. The van der Waals surface area contributed by atoms with Crippen LogP contribution in [0.4, 0.5) is 0 Å². The molecule has 82 valence electrons. The molecule has 3 heteroatoms. The van der Waals surface area contributed by atoms with E-state index in [0.717, 1.165) is 24.0 Å². The maximum atomic E-state index is 10.6. The second-order valence-corrected chi connectivity index (χ2v) is 4.32. The van der Waals surface area contributed by atoms with Crippen LogP contribution in [0.1, 0.15) is 24.0 Å². The monoisotopic (exact) mass is 207 g/mol. The maximum absolute atomic E-state index is 10.6. The number of aromatic nitrogens is 1. The molecule has 1 aliphatic rings. The quantitative estimate of drug-likeness (QED) is 0.816. The Morgan fingerprint density at radius 3 is 2.87 bits per heavy atom. The lowest BCUT2D eigenvalue weighted by Gasteiger charge is -2.29. The van der Waals surface area contributed by atoms with Crippen molar-refractivity contribution in [2.75, 3.05) is 13.7 Å². The zero-order chi connectivity index (χ0) is 10.9. The van der Waals surface area contributed by atoms with Gasteiger partial charge in [0.2, 0.25) is 0 Å². The highest BCUT2D eigenvalue weighted by Crippen LogP contribution is 2.46. The first kappa shape index (κ1) is 10.6. The fraction of sp³-hybridized carbons (Fsp3) is 0.583. The Morgan fingerprint density at radius 2 is 2.33 bits per heavy atom. The van der Waals surface area contributed by atoms with E-state index < -0.39 is 5.60 Å². The van der Waals surface area contributed by atoms with Crippen LogP contribution in [-0.4, -0.2) is 23.8 Å². The molecule has 0 bridgehead atoms. The van der Waals surface area contributed by atoms with Crippen LogP contribution in [0.5, 0.6) is 0 Å². The van der Waals surface area contributed by atoms with E-state index in [2.05, 4.69) is 4.98 Å². The largest absolute Gasteiger partial charge is 0.382 e. The third-order valence-corrected chi connectivity index (χ3v) is 3.12. The van der Waals surface area contributed by atoms with E-state index >= 15 is 0 Å². The fourth-order valence-electron chi connectivity index (χ4n) is 2.11. The summed E-state index contributed by atoms with van der Waals surface area (Å²) in [6.07, 6.45) is 5.66. The molecule has 1 heterocycles. The molecule has 0 aliphatic heterocycles. The number of aryl methyl sites for hydroxylation is 1. The van der Waals surface area contributed by atoms with Crippen LogP contribution in [-0.2, 0) is 10.3 Å². The number of methoxy groups -OCH3 is 1. The molecule has 1 aromatic rings. The van der Waals surface area contributed by atoms with E-state index in [9.17, 15) is 5.11 Å². The first-order valence-corrected chi connectivity index (χ1v) is 5.31. The van der Waals surface area contributed by atoms with Gasteiger partial charge in [0.25, 0.3) is 0 Å². The summed E-state index contributed by atoms with van der Waals surface area (Å²) in [5.41, 5.74) is 1.15. The molecule has 1 N–H and O–H groups in total. The third-order valence-electron chi connectivity index (χ3n) is 3.12. The van der Waals surface area contributed by atoms with Crippen molar-refractivity contribution in [1.29, 1.82) is 0 Å². The van der Waals surface area contributed by atoms with Gasteiger partial charge in [-0.2, -0.15) is 0 Å². The fourth-order valence-corrected chi connectivity index (χ4v) is 2.11. The highest BCUT2D eigenvalue weighted by Gasteiger charge is 2.46. The molecular weight excluding hydrogens is 190 g/mol. The molecule has 1 unspecified atom stereocenters. The SMILES string of the molecule is COCC(O)(c1cnccc1C)C1CC1. The number of hydrogen-bond acceptors (Lipinski definition) is 3. The normalized spacial score (nSPS) is 19.9. The average molecular weight is 207 g/mol. The van der Waals surface area contributed by atoms with Crippen molar-refractivity contribution >= 4 is 0 Å². The number of aliphatic hydroxyl groups is 1. The van der Waals surface area contributed by atoms with Gasteiger partial charge >= 0.3 is 0 Å². The molecule has 1 aromatic heterocycles. The Hall–Kier alpha value is -0.930. The molecule has 0 amide bonds. The second-order valence-electron chi connectivity index (χ2n) is 4.32.